The summed E-state index contributed by atoms with van der Waals surface area (Å²) in [7, 11) is 1.42. The highest BCUT2D eigenvalue weighted by Gasteiger charge is 2.13. The van der Waals surface area contributed by atoms with Crippen molar-refractivity contribution >= 4 is 5.91 Å². The van der Waals surface area contributed by atoms with E-state index in [9.17, 15) is 9.90 Å². The van der Waals surface area contributed by atoms with E-state index in [4.69, 9.17) is 10.00 Å². The number of hydrogen-bond donors (Lipinski definition) is 2. The maximum atomic E-state index is 10.9. The number of phenolic OH excluding ortho intramolecular Hbond substituents is 1. The third-order valence-corrected chi connectivity index (χ3v) is 2.01. The lowest BCUT2D eigenvalue weighted by atomic mass is 10.1. The van der Waals surface area contributed by atoms with Gasteiger partial charge in [-0.05, 0) is 17.7 Å². The van der Waals surface area contributed by atoms with Gasteiger partial charge in [-0.2, -0.15) is 5.26 Å². The van der Waals surface area contributed by atoms with Gasteiger partial charge in [0.1, 0.15) is 6.04 Å². The lowest BCUT2D eigenvalue weighted by Crippen LogP contribution is -2.24. The Hall–Kier alpha value is -2.22. The zero-order valence-electron chi connectivity index (χ0n) is 9.02. The summed E-state index contributed by atoms with van der Waals surface area (Å²) in [6.45, 7) is 1.34. The van der Waals surface area contributed by atoms with E-state index < -0.39 is 6.04 Å². The maximum Gasteiger partial charge on any atom is 0.218 e. The Labute approximate surface area is 93.3 Å². The van der Waals surface area contributed by atoms with Crippen molar-refractivity contribution in [3.8, 4) is 17.6 Å². The predicted octanol–water partition coefficient (Wildman–Crippen LogP) is 1.10. The van der Waals surface area contributed by atoms with E-state index in [0.29, 0.717) is 5.56 Å². The van der Waals surface area contributed by atoms with E-state index in [-0.39, 0.29) is 17.4 Å². The predicted molar refractivity (Wildman–Crippen MR) is 56.8 cm³/mol. The van der Waals surface area contributed by atoms with Crippen molar-refractivity contribution in [1.29, 1.82) is 5.26 Å². The molecular weight excluding hydrogens is 208 g/mol. The molecule has 0 fully saturated rings. The molecule has 1 aromatic rings. The number of hydrogen-bond acceptors (Lipinski definition) is 4. The van der Waals surface area contributed by atoms with Gasteiger partial charge in [0.2, 0.25) is 5.91 Å². The van der Waals surface area contributed by atoms with Crippen LogP contribution in [0.15, 0.2) is 18.2 Å². The second-order valence-corrected chi connectivity index (χ2v) is 3.19. The number of nitriles is 1. The first-order valence-electron chi connectivity index (χ1n) is 4.62. The van der Waals surface area contributed by atoms with E-state index >= 15 is 0 Å². The fourth-order valence-corrected chi connectivity index (χ4v) is 1.27. The van der Waals surface area contributed by atoms with Crippen molar-refractivity contribution in [2.45, 2.75) is 13.0 Å². The van der Waals surface area contributed by atoms with E-state index in [0.717, 1.165) is 0 Å². The molecule has 0 saturated carbocycles. The zero-order valence-corrected chi connectivity index (χ0v) is 9.02. The van der Waals surface area contributed by atoms with Crippen LogP contribution in [-0.4, -0.2) is 18.1 Å². The highest BCUT2D eigenvalue weighted by atomic mass is 16.5. The van der Waals surface area contributed by atoms with Crippen molar-refractivity contribution in [3.63, 3.8) is 0 Å². The van der Waals surface area contributed by atoms with Gasteiger partial charge in [-0.15, -0.1) is 0 Å². The fourth-order valence-electron chi connectivity index (χ4n) is 1.27. The van der Waals surface area contributed by atoms with Crippen LogP contribution in [0, 0.1) is 11.3 Å². The molecule has 1 aromatic carbocycles. The van der Waals surface area contributed by atoms with Gasteiger partial charge in [0.25, 0.3) is 0 Å². The van der Waals surface area contributed by atoms with Gasteiger partial charge in [0, 0.05) is 6.92 Å². The number of rotatable bonds is 3. The third-order valence-electron chi connectivity index (χ3n) is 2.01. The molecule has 1 rings (SSSR count). The molecule has 1 amide bonds. The van der Waals surface area contributed by atoms with Crippen molar-refractivity contribution in [1.82, 2.24) is 5.32 Å². The lowest BCUT2D eigenvalue weighted by Gasteiger charge is -2.12. The summed E-state index contributed by atoms with van der Waals surface area (Å²) >= 11 is 0. The smallest absolute Gasteiger partial charge is 0.218 e. The van der Waals surface area contributed by atoms with Crippen molar-refractivity contribution in [2.24, 2.45) is 0 Å². The van der Waals surface area contributed by atoms with E-state index in [1.807, 2.05) is 6.07 Å². The molecule has 0 aliphatic carbocycles. The number of methoxy groups -OCH3 is 1. The minimum atomic E-state index is -0.744. The van der Waals surface area contributed by atoms with Crippen molar-refractivity contribution in [3.05, 3.63) is 23.8 Å². The fraction of sp³-hybridized carbons (Fsp3) is 0.273. The highest BCUT2D eigenvalue weighted by molar-refractivity contribution is 5.74. The van der Waals surface area contributed by atoms with Crippen LogP contribution in [-0.2, 0) is 4.79 Å². The molecule has 0 aliphatic heterocycles. The molecule has 0 bridgehead atoms. The van der Waals surface area contributed by atoms with Crippen LogP contribution >= 0.6 is 0 Å². The molecule has 84 valence electrons. The Bertz CT molecular complexity index is 437. The Morgan fingerprint density at radius 2 is 2.31 bits per heavy atom. The normalized spacial score (nSPS) is 11.3. The van der Waals surface area contributed by atoms with E-state index in [2.05, 4.69) is 5.32 Å². The molecule has 16 heavy (non-hydrogen) atoms. The Kier molecular flexibility index (Phi) is 3.72. The summed E-state index contributed by atoms with van der Waals surface area (Å²) < 4.78 is 4.91. The Morgan fingerprint density at radius 3 is 2.81 bits per heavy atom. The molecule has 1 atom stereocenters. The van der Waals surface area contributed by atoms with Crippen molar-refractivity contribution < 1.29 is 14.6 Å². The third kappa shape index (κ3) is 2.64. The standard InChI is InChI=1S/C11H12N2O3/c1-7(14)13-9(6-12)8-3-4-10(15)11(5-8)16-2/h3-5,9,15H,1-2H3,(H,13,14). The monoisotopic (exact) mass is 220 g/mol. The van der Waals surface area contributed by atoms with Crippen LogP contribution in [0.25, 0.3) is 0 Å². The first-order valence-corrected chi connectivity index (χ1v) is 4.62. The van der Waals surface area contributed by atoms with E-state index in [1.165, 1.54) is 26.2 Å². The van der Waals surface area contributed by atoms with E-state index in [1.54, 1.807) is 6.07 Å². The number of aromatic hydroxyl groups is 1. The number of phenols is 1. The highest BCUT2D eigenvalue weighted by Crippen LogP contribution is 2.28. The maximum absolute atomic E-state index is 10.9. The molecule has 2 N–H and O–H groups in total. The van der Waals surface area contributed by atoms with Crippen LogP contribution in [0.2, 0.25) is 0 Å². The summed E-state index contributed by atoms with van der Waals surface area (Å²) in [6.07, 6.45) is 0. The summed E-state index contributed by atoms with van der Waals surface area (Å²) in [6, 6.07) is 5.70. The molecule has 0 aromatic heterocycles. The summed E-state index contributed by atoms with van der Waals surface area (Å²) in [5.74, 6) is -0.0348. The number of benzene rings is 1. The average Bonchev–Trinajstić information content (AvgIpc) is 2.26. The quantitative estimate of drug-likeness (QED) is 0.799. The van der Waals surface area contributed by atoms with Gasteiger partial charge in [-0.25, -0.2) is 0 Å². The second-order valence-electron chi connectivity index (χ2n) is 3.19. The molecule has 0 heterocycles. The first-order chi connectivity index (χ1) is 7.58. The second kappa shape index (κ2) is 5.03. The SMILES string of the molecule is COc1cc(C(C#N)NC(C)=O)ccc1O. The Morgan fingerprint density at radius 1 is 1.62 bits per heavy atom. The number of amides is 1. The molecule has 0 saturated heterocycles. The summed E-state index contributed by atoms with van der Waals surface area (Å²) in [5.41, 5.74) is 0.562. The van der Waals surface area contributed by atoms with Crippen LogP contribution in [0.5, 0.6) is 11.5 Å². The number of ether oxygens (including phenoxy) is 1. The van der Waals surface area contributed by atoms with Crippen LogP contribution in [0.1, 0.15) is 18.5 Å². The molecule has 0 radical (unpaired) electrons. The topological polar surface area (TPSA) is 82.3 Å². The number of nitrogens with one attached hydrogen (secondary N) is 1. The number of carbonyl (C=O) groups is 1. The van der Waals surface area contributed by atoms with Gasteiger partial charge in [-0.1, -0.05) is 6.07 Å². The lowest BCUT2D eigenvalue weighted by molar-refractivity contribution is -0.119. The minimum absolute atomic E-state index is 0.00855. The van der Waals surface area contributed by atoms with Crippen LogP contribution in [0.4, 0.5) is 0 Å². The minimum Gasteiger partial charge on any atom is -0.504 e. The van der Waals surface area contributed by atoms with Crippen LogP contribution in [0.3, 0.4) is 0 Å². The molecular formula is C11H12N2O3. The molecule has 0 aliphatic rings. The molecule has 1 unspecified atom stereocenters. The Balaban J connectivity index is 3.02. The summed E-state index contributed by atoms with van der Waals surface area (Å²) in [4.78, 5) is 10.9. The van der Waals surface area contributed by atoms with Gasteiger partial charge >= 0.3 is 0 Å². The van der Waals surface area contributed by atoms with Crippen LogP contribution < -0.4 is 10.1 Å². The summed E-state index contributed by atoms with van der Waals surface area (Å²) in [5, 5.41) is 20.7. The van der Waals surface area contributed by atoms with Gasteiger partial charge in [0.15, 0.2) is 11.5 Å². The molecule has 5 heteroatoms. The molecule has 0 spiro atoms. The van der Waals surface area contributed by atoms with Gasteiger partial charge in [0.05, 0.1) is 13.2 Å². The average molecular weight is 220 g/mol. The van der Waals surface area contributed by atoms with Gasteiger partial charge < -0.3 is 15.2 Å². The largest absolute Gasteiger partial charge is 0.504 e. The number of nitrogens with zero attached hydrogens (tertiary/aromatic N) is 1. The zero-order chi connectivity index (χ0) is 12.1. The number of carbonyl (C=O) groups excluding carboxylic acids is 1. The van der Waals surface area contributed by atoms with Gasteiger partial charge in [-0.3, -0.25) is 4.79 Å². The first kappa shape index (κ1) is 11.9. The van der Waals surface area contributed by atoms with Crippen molar-refractivity contribution in [2.75, 3.05) is 7.11 Å². The molecule has 5 nitrogen and oxygen atoms in total.